The van der Waals surface area contributed by atoms with Crippen LogP contribution < -0.4 is 0 Å². The van der Waals surface area contributed by atoms with Gasteiger partial charge in [0, 0.05) is 9.13 Å². The van der Waals surface area contributed by atoms with Gasteiger partial charge in [-0.05, 0) is 47.2 Å². The third-order valence-electron chi connectivity index (χ3n) is 3.08. The molecule has 1 aliphatic rings. The molecular formula is C12H13ClINO2. The van der Waals surface area contributed by atoms with E-state index in [9.17, 15) is 9.90 Å². The van der Waals surface area contributed by atoms with Crippen molar-refractivity contribution in [2.45, 2.75) is 18.9 Å². The van der Waals surface area contributed by atoms with E-state index >= 15 is 0 Å². The van der Waals surface area contributed by atoms with Crippen molar-refractivity contribution in [3.8, 4) is 0 Å². The molecular weight excluding hydrogens is 352 g/mol. The van der Waals surface area contributed by atoms with Gasteiger partial charge < -0.3 is 10.0 Å². The van der Waals surface area contributed by atoms with Crippen molar-refractivity contribution in [2.75, 3.05) is 13.1 Å². The van der Waals surface area contributed by atoms with E-state index in [1.165, 1.54) is 0 Å². The zero-order chi connectivity index (χ0) is 12.6. The van der Waals surface area contributed by atoms with Gasteiger partial charge in [-0.1, -0.05) is 18.5 Å². The highest BCUT2D eigenvalue weighted by atomic mass is 127. The molecule has 1 aliphatic heterocycles. The van der Waals surface area contributed by atoms with E-state index in [2.05, 4.69) is 22.6 Å². The van der Waals surface area contributed by atoms with Crippen LogP contribution in [0.25, 0.3) is 0 Å². The first-order chi connectivity index (χ1) is 7.95. The number of carbonyl (C=O) groups excluding carboxylic acids is 1. The zero-order valence-corrected chi connectivity index (χ0v) is 12.3. The zero-order valence-electron chi connectivity index (χ0n) is 9.41. The second-order valence-corrected chi connectivity index (χ2v) is 5.94. The minimum atomic E-state index is -0.692. The number of benzene rings is 1. The van der Waals surface area contributed by atoms with Crippen LogP contribution in [0, 0.1) is 3.57 Å². The smallest absolute Gasteiger partial charge is 0.254 e. The minimum absolute atomic E-state index is 0.0681. The molecule has 0 aromatic heterocycles. The number of hydrogen-bond acceptors (Lipinski definition) is 2. The van der Waals surface area contributed by atoms with Crippen LogP contribution in [-0.2, 0) is 0 Å². The predicted octanol–water partition coefficient (Wildman–Crippen LogP) is 2.54. The molecule has 0 aliphatic carbocycles. The molecule has 92 valence electrons. The Morgan fingerprint density at radius 3 is 2.76 bits per heavy atom. The Balaban J connectivity index is 2.09. The van der Waals surface area contributed by atoms with Gasteiger partial charge in [0.1, 0.15) is 0 Å². The van der Waals surface area contributed by atoms with E-state index < -0.39 is 5.60 Å². The second kappa shape index (κ2) is 4.74. The van der Waals surface area contributed by atoms with Gasteiger partial charge >= 0.3 is 0 Å². The molecule has 1 aromatic carbocycles. The van der Waals surface area contributed by atoms with E-state index in [4.69, 9.17) is 11.6 Å². The summed E-state index contributed by atoms with van der Waals surface area (Å²) in [6.45, 7) is 2.74. The summed E-state index contributed by atoms with van der Waals surface area (Å²) in [4.78, 5) is 13.7. The van der Waals surface area contributed by atoms with Crippen LogP contribution in [0.2, 0.25) is 5.02 Å². The maximum atomic E-state index is 12.0. The molecule has 1 saturated heterocycles. The molecule has 0 unspecified atom stereocenters. The molecule has 0 spiro atoms. The number of hydrogen-bond donors (Lipinski definition) is 1. The first-order valence-electron chi connectivity index (χ1n) is 5.42. The fourth-order valence-electron chi connectivity index (χ4n) is 1.84. The standard InChI is InChI=1S/C12H13ClINO2/c1-2-12(17)6-15(7-12)11(16)8-3-4-10(14)9(13)5-8/h3-5,17H,2,6-7H2,1H3. The summed E-state index contributed by atoms with van der Waals surface area (Å²) in [7, 11) is 0. The van der Waals surface area contributed by atoms with Crippen molar-refractivity contribution in [3.05, 3.63) is 32.4 Å². The fourth-order valence-corrected chi connectivity index (χ4v) is 2.36. The van der Waals surface area contributed by atoms with Gasteiger partial charge in [0.05, 0.1) is 23.7 Å². The number of nitrogens with zero attached hydrogens (tertiary/aromatic N) is 1. The summed E-state index contributed by atoms with van der Waals surface area (Å²) in [5, 5.41) is 10.4. The Morgan fingerprint density at radius 2 is 2.24 bits per heavy atom. The van der Waals surface area contributed by atoms with Crippen molar-refractivity contribution in [3.63, 3.8) is 0 Å². The Hall–Kier alpha value is -0.330. The molecule has 0 saturated carbocycles. The number of rotatable bonds is 2. The third-order valence-corrected chi connectivity index (χ3v) is 4.65. The predicted molar refractivity (Wildman–Crippen MR) is 75.3 cm³/mol. The van der Waals surface area contributed by atoms with Gasteiger partial charge in [-0.25, -0.2) is 0 Å². The highest BCUT2D eigenvalue weighted by molar-refractivity contribution is 14.1. The van der Waals surface area contributed by atoms with Crippen LogP contribution in [-0.4, -0.2) is 34.6 Å². The van der Waals surface area contributed by atoms with Gasteiger partial charge in [-0.15, -0.1) is 0 Å². The molecule has 3 nitrogen and oxygen atoms in total. The summed E-state index contributed by atoms with van der Waals surface area (Å²) >= 11 is 8.10. The number of carbonyl (C=O) groups is 1. The summed E-state index contributed by atoms with van der Waals surface area (Å²) in [5.74, 6) is -0.0681. The number of aliphatic hydroxyl groups is 1. The highest BCUT2D eigenvalue weighted by Crippen LogP contribution is 2.27. The molecule has 17 heavy (non-hydrogen) atoms. The third kappa shape index (κ3) is 2.58. The molecule has 0 bridgehead atoms. The van der Waals surface area contributed by atoms with Gasteiger partial charge in [0.2, 0.25) is 0 Å². The maximum Gasteiger partial charge on any atom is 0.254 e. The lowest BCUT2D eigenvalue weighted by Crippen LogP contribution is -2.63. The van der Waals surface area contributed by atoms with Crippen LogP contribution in [0.5, 0.6) is 0 Å². The fraction of sp³-hybridized carbons (Fsp3) is 0.417. The van der Waals surface area contributed by atoms with E-state index in [0.717, 1.165) is 3.57 Å². The Kier molecular flexibility index (Phi) is 3.66. The monoisotopic (exact) mass is 365 g/mol. The highest BCUT2D eigenvalue weighted by Gasteiger charge is 2.42. The Bertz CT molecular complexity index is 458. The first-order valence-corrected chi connectivity index (χ1v) is 6.87. The lowest BCUT2D eigenvalue weighted by Gasteiger charge is -2.46. The molecule has 5 heteroatoms. The quantitative estimate of drug-likeness (QED) is 0.818. The lowest BCUT2D eigenvalue weighted by molar-refractivity contribution is -0.0826. The minimum Gasteiger partial charge on any atom is -0.386 e. The molecule has 1 fully saturated rings. The second-order valence-electron chi connectivity index (χ2n) is 4.37. The maximum absolute atomic E-state index is 12.0. The van der Waals surface area contributed by atoms with Crippen LogP contribution in [0.1, 0.15) is 23.7 Å². The van der Waals surface area contributed by atoms with Gasteiger partial charge in [0.25, 0.3) is 5.91 Å². The topological polar surface area (TPSA) is 40.5 Å². The number of likely N-dealkylation sites (tertiary alicyclic amines) is 1. The van der Waals surface area contributed by atoms with Gasteiger partial charge in [0.15, 0.2) is 0 Å². The van der Waals surface area contributed by atoms with E-state index in [0.29, 0.717) is 30.1 Å². The molecule has 1 aromatic rings. The average molecular weight is 366 g/mol. The molecule has 1 N–H and O–H groups in total. The SMILES string of the molecule is CCC1(O)CN(C(=O)c2ccc(I)c(Cl)c2)C1. The van der Waals surface area contributed by atoms with Crippen molar-refractivity contribution in [1.29, 1.82) is 0 Å². The summed E-state index contributed by atoms with van der Waals surface area (Å²) in [5.41, 5.74) is -0.114. The summed E-state index contributed by atoms with van der Waals surface area (Å²) < 4.78 is 0.925. The van der Waals surface area contributed by atoms with Crippen LogP contribution in [0.4, 0.5) is 0 Å². The molecule has 2 rings (SSSR count). The van der Waals surface area contributed by atoms with Crippen LogP contribution in [0.3, 0.4) is 0 Å². The van der Waals surface area contributed by atoms with E-state index in [1.807, 2.05) is 13.0 Å². The Morgan fingerprint density at radius 1 is 1.59 bits per heavy atom. The van der Waals surface area contributed by atoms with Crippen molar-refractivity contribution >= 4 is 40.1 Å². The molecule has 1 amide bonds. The largest absolute Gasteiger partial charge is 0.386 e. The number of halogens is 2. The van der Waals surface area contributed by atoms with Crippen LogP contribution >= 0.6 is 34.2 Å². The summed E-state index contributed by atoms with van der Waals surface area (Å²) in [6.07, 6.45) is 0.671. The Labute approximate surface area is 119 Å². The van der Waals surface area contributed by atoms with E-state index in [-0.39, 0.29) is 5.91 Å². The number of amides is 1. The summed E-state index contributed by atoms with van der Waals surface area (Å²) in [6, 6.07) is 5.26. The average Bonchev–Trinajstić information content (AvgIpc) is 2.27. The molecule has 0 radical (unpaired) electrons. The lowest BCUT2D eigenvalue weighted by atomic mass is 9.90. The van der Waals surface area contributed by atoms with Crippen LogP contribution in [0.15, 0.2) is 18.2 Å². The van der Waals surface area contributed by atoms with Crippen molar-refractivity contribution < 1.29 is 9.90 Å². The normalized spacial score (nSPS) is 17.8. The molecule has 0 atom stereocenters. The van der Waals surface area contributed by atoms with E-state index in [1.54, 1.807) is 17.0 Å². The van der Waals surface area contributed by atoms with Gasteiger partial charge in [-0.2, -0.15) is 0 Å². The van der Waals surface area contributed by atoms with Crippen molar-refractivity contribution in [2.24, 2.45) is 0 Å². The van der Waals surface area contributed by atoms with Gasteiger partial charge in [-0.3, -0.25) is 4.79 Å². The molecule has 1 heterocycles. The first kappa shape index (κ1) is 13.1. The van der Waals surface area contributed by atoms with Crippen molar-refractivity contribution in [1.82, 2.24) is 4.90 Å². The number of β-amino-alcohol motifs (C(OH)–C–C–N with tert-alkyl or cyclic N) is 1.